The highest BCUT2D eigenvalue weighted by molar-refractivity contribution is 7.91. The zero-order valence-corrected chi connectivity index (χ0v) is 18.9. The first-order valence-corrected chi connectivity index (χ1v) is 11.7. The van der Waals surface area contributed by atoms with Crippen molar-refractivity contribution in [2.75, 3.05) is 5.75 Å². The van der Waals surface area contributed by atoms with E-state index in [4.69, 9.17) is 0 Å². The largest absolute Gasteiger partial charge is 0.433 e. The van der Waals surface area contributed by atoms with Crippen LogP contribution in [0.25, 0.3) is 33.7 Å². The van der Waals surface area contributed by atoms with Crippen molar-refractivity contribution in [2.45, 2.75) is 24.2 Å². The fourth-order valence-electron chi connectivity index (χ4n) is 3.59. The topological polar surface area (TPSA) is 77.7 Å². The second kappa shape index (κ2) is 8.33. The molecule has 35 heavy (non-hydrogen) atoms. The van der Waals surface area contributed by atoms with Crippen LogP contribution in [-0.2, 0) is 29.2 Å². The van der Waals surface area contributed by atoms with Crippen LogP contribution in [0.1, 0.15) is 18.2 Å². The molecule has 3 heterocycles. The van der Waals surface area contributed by atoms with E-state index in [1.54, 1.807) is 0 Å². The Morgan fingerprint density at radius 1 is 0.943 bits per heavy atom. The molecule has 0 spiro atoms. The smallest absolute Gasteiger partial charge is 0.324 e. The van der Waals surface area contributed by atoms with Gasteiger partial charge < -0.3 is 4.57 Å². The molecule has 13 heteroatoms. The molecule has 184 valence electrons. The van der Waals surface area contributed by atoms with Gasteiger partial charge in [-0.2, -0.15) is 26.3 Å². The molecule has 0 aliphatic rings. The second-order valence-electron chi connectivity index (χ2n) is 7.57. The average molecular weight is 514 g/mol. The number of benzene rings is 1. The fraction of sp³-hybridized carbons (Fsp3) is 0.227. The Hall–Kier alpha value is -3.48. The predicted octanol–water partition coefficient (Wildman–Crippen LogP) is 5.53. The molecular weight excluding hydrogens is 498 g/mol. The SMILES string of the molecule is CCS(=O)(=O)c1cc(-c2ccccc2C(F)(F)F)cnc1-c1nc2cc(C(F)(F)F)ncc2n1C. The number of pyridine rings is 2. The maximum Gasteiger partial charge on any atom is 0.433 e. The maximum absolute atomic E-state index is 13.5. The third kappa shape index (κ3) is 4.47. The first kappa shape index (κ1) is 24.6. The summed E-state index contributed by atoms with van der Waals surface area (Å²) in [6.07, 6.45) is -7.38. The Kier molecular flexibility index (Phi) is 5.86. The minimum Gasteiger partial charge on any atom is -0.324 e. The van der Waals surface area contributed by atoms with Gasteiger partial charge in [-0.05, 0) is 23.8 Å². The number of rotatable bonds is 4. The van der Waals surface area contributed by atoms with Gasteiger partial charge in [-0.25, -0.2) is 18.4 Å². The van der Waals surface area contributed by atoms with E-state index in [-0.39, 0.29) is 33.7 Å². The first-order valence-electron chi connectivity index (χ1n) is 10.0. The standard InChI is InChI=1S/C22H16F6N4O2S/c1-3-35(33,34)17-8-12(13-6-4-5-7-14(13)21(23,24)25)10-30-19(17)20-31-15-9-18(22(26,27)28)29-11-16(15)32(20)2/h4-11H,3H2,1-2H3. The van der Waals surface area contributed by atoms with Gasteiger partial charge in [-0.1, -0.05) is 25.1 Å². The van der Waals surface area contributed by atoms with Crippen LogP contribution in [0.5, 0.6) is 0 Å². The van der Waals surface area contributed by atoms with E-state index in [2.05, 4.69) is 15.0 Å². The third-order valence-electron chi connectivity index (χ3n) is 5.38. The summed E-state index contributed by atoms with van der Waals surface area (Å²) in [6, 6.07) is 6.45. The van der Waals surface area contributed by atoms with E-state index < -0.39 is 44.1 Å². The fourth-order valence-corrected chi connectivity index (χ4v) is 4.65. The molecule has 4 aromatic rings. The molecule has 0 aliphatic heterocycles. The number of imidazole rings is 1. The van der Waals surface area contributed by atoms with Gasteiger partial charge in [0, 0.05) is 18.8 Å². The van der Waals surface area contributed by atoms with Crippen molar-refractivity contribution in [2.24, 2.45) is 7.05 Å². The van der Waals surface area contributed by atoms with Crippen LogP contribution in [-0.4, -0.2) is 33.7 Å². The van der Waals surface area contributed by atoms with Crippen molar-refractivity contribution in [1.29, 1.82) is 0 Å². The number of alkyl halides is 6. The van der Waals surface area contributed by atoms with E-state index in [0.717, 1.165) is 30.6 Å². The van der Waals surface area contributed by atoms with Gasteiger partial charge in [0.15, 0.2) is 15.7 Å². The minimum absolute atomic E-state index is 0.0798. The normalized spacial score (nSPS) is 12.9. The minimum atomic E-state index is -4.71. The Morgan fingerprint density at radius 2 is 1.63 bits per heavy atom. The molecule has 0 fully saturated rings. The first-order chi connectivity index (χ1) is 16.2. The predicted molar refractivity (Wildman–Crippen MR) is 115 cm³/mol. The summed E-state index contributed by atoms with van der Waals surface area (Å²) in [7, 11) is -2.59. The quantitative estimate of drug-likeness (QED) is 0.335. The molecule has 0 bridgehead atoms. The number of aromatic nitrogens is 4. The summed E-state index contributed by atoms with van der Waals surface area (Å²) in [6.45, 7) is 1.35. The van der Waals surface area contributed by atoms with Crippen molar-refractivity contribution < 1.29 is 34.8 Å². The van der Waals surface area contributed by atoms with Gasteiger partial charge in [0.05, 0.1) is 33.4 Å². The zero-order valence-electron chi connectivity index (χ0n) is 18.1. The molecule has 0 N–H and O–H groups in total. The van der Waals surface area contributed by atoms with Crippen LogP contribution >= 0.6 is 0 Å². The van der Waals surface area contributed by atoms with E-state index in [9.17, 15) is 34.8 Å². The number of aryl methyl sites for hydroxylation is 1. The Bertz CT molecular complexity index is 1540. The molecule has 0 radical (unpaired) electrons. The van der Waals surface area contributed by atoms with E-state index in [1.165, 1.54) is 36.7 Å². The van der Waals surface area contributed by atoms with Crippen LogP contribution in [0.4, 0.5) is 26.3 Å². The van der Waals surface area contributed by atoms with E-state index in [1.807, 2.05) is 0 Å². The Morgan fingerprint density at radius 3 is 2.26 bits per heavy atom. The number of fused-ring (bicyclic) bond motifs is 1. The van der Waals surface area contributed by atoms with Gasteiger partial charge in [-0.15, -0.1) is 0 Å². The molecule has 0 unspecified atom stereocenters. The lowest BCUT2D eigenvalue weighted by atomic mass is 10.0. The summed E-state index contributed by atoms with van der Waals surface area (Å²) in [5.41, 5.74) is -2.62. The number of sulfone groups is 1. The highest BCUT2D eigenvalue weighted by Gasteiger charge is 2.35. The van der Waals surface area contributed by atoms with E-state index in [0.29, 0.717) is 0 Å². The second-order valence-corrected chi connectivity index (χ2v) is 9.81. The van der Waals surface area contributed by atoms with Crippen LogP contribution in [0, 0.1) is 0 Å². The van der Waals surface area contributed by atoms with Crippen molar-refractivity contribution in [3.8, 4) is 22.6 Å². The third-order valence-corrected chi connectivity index (χ3v) is 7.12. The lowest BCUT2D eigenvalue weighted by molar-refractivity contribution is -0.141. The highest BCUT2D eigenvalue weighted by Crippen LogP contribution is 2.39. The van der Waals surface area contributed by atoms with E-state index >= 15 is 0 Å². The number of halogens is 6. The number of hydrogen-bond donors (Lipinski definition) is 0. The van der Waals surface area contributed by atoms with Crippen LogP contribution < -0.4 is 0 Å². The summed E-state index contributed by atoms with van der Waals surface area (Å²) in [4.78, 5) is 11.3. The monoisotopic (exact) mass is 514 g/mol. The number of nitrogens with zero attached hydrogens (tertiary/aromatic N) is 4. The Labute approximate surface area is 195 Å². The lowest BCUT2D eigenvalue weighted by Gasteiger charge is -2.15. The van der Waals surface area contributed by atoms with Crippen molar-refractivity contribution >= 4 is 20.9 Å². The molecule has 6 nitrogen and oxygen atoms in total. The summed E-state index contributed by atoms with van der Waals surface area (Å²) in [5, 5.41) is 0. The molecular formula is C22H16F6N4O2S. The molecule has 4 rings (SSSR count). The molecule has 0 aliphatic carbocycles. The van der Waals surface area contributed by atoms with Crippen molar-refractivity contribution in [1.82, 2.24) is 19.5 Å². The van der Waals surface area contributed by atoms with Crippen molar-refractivity contribution in [3.63, 3.8) is 0 Å². The van der Waals surface area contributed by atoms with Gasteiger partial charge in [0.1, 0.15) is 11.4 Å². The van der Waals surface area contributed by atoms with Crippen LogP contribution in [0.2, 0.25) is 0 Å². The van der Waals surface area contributed by atoms with Gasteiger partial charge in [0.2, 0.25) is 0 Å². The summed E-state index contributed by atoms with van der Waals surface area (Å²) >= 11 is 0. The molecule has 0 atom stereocenters. The summed E-state index contributed by atoms with van der Waals surface area (Å²) < 4.78 is 107. The molecule has 0 saturated carbocycles. The van der Waals surface area contributed by atoms with Crippen molar-refractivity contribution in [3.05, 3.63) is 60.0 Å². The van der Waals surface area contributed by atoms with Gasteiger partial charge in [-0.3, -0.25) is 4.98 Å². The molecule has 0 amide bonds. The molecule has 3 aromatic heterocycles. The molecule has 1 aromatic carbocycles. The maximum atomic E-state index is 13.5. The van der Waals surface area contributed by atoms with Crippen LogP contribution in [0.3, 0.4) is 0 Å². The average Bonchev–Trinajstić information content (AvgIpc) is 3.13. The highest BCUT2D eigenvalue weighted by atomic mass is 32.2. The zero-order chi connectivity index (χ0) is 25.8. The Balaban J connectivity index is 1.97. The van der Waals surface area contributed by atoms with Crippen LogP contribution in [0.15, 0.2) is 53.7 Å². The van der Waals surface area contributed by atoms with Gasteiger partial charge in [0.25, 0.3) is 0 Å². The summed E-state index contributed by atoms with van der Waals surface area (Å²) in [5.74, 6) is -0.473. The lowest BCUT2D eigenvalue weighted by Crippen LogP contribution is -2.10. The number of hydrogen-bond acceptors (Lipinski definition) is 5. The van der Waals surface area contributed by atoms with Gasteiger partial charge >= 0.3 is 12.4 Å². The molecule has 0 saturated heterocycles.